The SMILES string of the molecule is Cc1cc(CN)ccc1Cn1ccc2c(F)cccc21. The van der Waals surface area contributed by atoms with Crippen LogP contribution in [0.2, 0.25) is 0 Å². The normalized spacial score (nSPS) is 11.2. The van der Waals surface area contributed by atoms with Gasteiger partial charge >= 0.3 is 0 Å². The van der Waals surface area contributed by atoms with Crippen molar-refractivity contribution < 1.29 is 4.39 Å². The van der Waals surface area contributed by atoms with Gasteiger partial charge in [-0.15, -0.1) is 0 Å². The number of benzene rings is 2. The van der Waals surface area contributed by atoms with Gasteiger partial charge in [-0.05, 0) is 41.8 Å². The first-order valence-electron chi connectivity index (χ1n) is 6.71. The minimum absolute atomic E-state index is 0.170. The second kappa shape index (κ2) is 5.10. The third kappa shape index (κ3) is 2.21. The van der Waals surface area contributed by atoms with Crippen LogP contribution in [-0.4, -0.2) is 4.57 Å². The van der Waals surface area contributed by atoms with Crippen molar-refractivity contribution in [2.24, 2.45) is 5.73 Å². The Kier molecular flexibility index (Phi) is 3.28. The molecule has 3 rings (SSSR count). The minimum Gasteiger partial charge on any atom is -0.343 e. The number of aryl methyl sites for hydroxylation is 1. The highest BCUT2D eigenvalue weighted by atomic mass is 19.1. The Morgan fingerprint density at radius 3 is 2.75 bits per heavy atom. The number of fused-ring (bicyclic) bond motifs is 1. The Morgan fingerprint density at radius 2 is 2.00 bits per heavy atom. The zero-order valence-corrected chi connectivity index (χ0v) is 11.4. The number of halogens is 1. The van der Waals surface area contributed by atoms with Crippen LogP contribution in [0.4, 0.5) is 4.39 Å². The molecule has 2 nitrogen and oxygen atoms in total. The zero-order valence-electron chi connectivity index (χ0n) is 11.4. The maximum absolute atomic E-state index is 13.7. The lowest BCUT2D eigenvalue weighted by molar-refractivity contribution is 0.639. The minimum atomic E-state index is -0.170. The Morgan fingerprint density at radius 1 is 1.15 bits per heavy atom. The molecule has 0 saturated carbocycles. The van der Waals surface area contributed by atoms with Crippen molar-refractivity contribution in [2.45, 2.75) is 20.0 Å². The third-order valence-corrected chi connectivity index (χ3v) is 3.74. The molecule has 0 saturated heterocycles. The highest BCUT2D eigenvalue weighted by Gasteiger charge is 2.07. The predicted octanol–water partition coefficient (Wildman–Crippen LogP) is 3.60. The van der Waals surface area contributed by atoms with Gasteiger partial charge in [-0.25, -0.2) is 4.39 Å². The molecule has 0 spiro atoms. The summed E-state index contributed by atoms with van der Waals surface area (Å²) in [6.07, 6.45) is 1.93. The standard InChI is InChI=1S/C17H17FN2/c1-12-9-13(10-19)5-6-14(12)11-20-8-7-15-16(18)3-2-4-17(15)20/h2-9H,10-11,19H2,1H3. The average Bonchev–Trinajstić information content (AvgIpc) is 2.86. The fourth-order valence-electron chi connectivity index (χ4n) is 2.57. The molecule has 0 atom stereocenters. The molecule has 1 heterocycles. The quantitative estimate of drug-likeness (QED) is 0.773. The number of rotatable bonds is 3. The Balaban J connectivity index is 1.99. The number of aromatic nitrogens is 1. The highest BCUT2D eigenvalue weighted by Crippen LogP contribution is 2.21. The van der Waals surface area contributed by atoms with Crippen molar-refractivity contribution in [1.29, 1.82) is 0 Å². The van der Waals surface area contributed by atoms with Gasteiger partial charge in [-0.3, -0.25) is 0 Å². The first-order valence-corrected chi connectivity index (χ1v) is 6.71. The maximum atomic E-state index is 13.7. The maximum Gasteiger partial charge on any atom is 0.132 e. The van der Waals surface area contributed by atoms with Crippen LogP contribution in [-0.2, 0) is 13.1 Å². The number of nitrogens with zero attached hydrogens (tertiary/aromatic N) is 1. The summed E-state index contributed by atoms with van der Waals surface area (Å²) < 4.78 is 15.8. The van der Waals surface area contributed by atoms with Crippen LogP contribution in [0.15, 0.2) is 48.7 Å². The van der Waals surface area contributed by atoms with E-state index in [9.17, 15) is 4.39 Å². The molecule has 20 heavy (non-hydrogen) atoms. The third-order valence-electron chi connectivity index (χ3n) is 3.74. The van der Waals surface area contributed by atoms with Gasteiger partial charge in [-0.1, -0.05) is 24.3 Å². The summed E-state index contributed by atoms with van der Waals surface area (Å²) in [6, 6.07) is 13.3. The lowest BCUT2D eigenvalue weighted by Gasteiger charge is -2.10. The number of hydrogen-bond acceptors (Lipinski definition) is 1. The number of hydrogen-bond donors (Lipinski definition) is 1. The molecule has 1 aromatic heterocycles. The van der Waals surface area contributed by atoms with E-state index in [0.717, 1.165) is 17.6 Å². The van der Waals surface area contributed by atoms with Crippen molar-refractivity contribution >= 4 is 10.9 Å². The molecular weight excluding hydrogens is 251 g/mol. The van der Waals surface area contributed by atoms with E-state index in [1.54, 1.807) is 6.07 Å². The highest BCUT2D eigenvalue weighted by molar-refractivity contribution is 5.80. The lowest BCUT2D eigenvalue weighted by atomic mass is 10.0. The van der Waals surface area contributed by atoms with E-state index in [-0.39, 0.29) is 5.82 Å². The topological polar surface area (TPSA) is 30.9 Å². The average molecular weight is 268 g/mol. The van der Waals surface area contributed by atoms with E-state index in [0.29, 0.717) is 11.9 Å². The van der Waals surface area contributed by atoms with Gasteiger partial charge in [0.15, 0.2) is 0 Å². The van der Waals surface area contributed by atoms with Crippen molar-refractivity contribution in [3.8, 4) is 0 Å². The first-order chi connectivity index (χ1) is 9.69. The molecule has 2 aromatic carbocycles. The summed E-state index contributed by atoms with van der Waals surface area (Å²) in [5.74, 6) is -0.170. The van der Waals surface area contributed by atoms with Gasteiger partial charge < -0.3 is 10.3 Å². The van der Waals surface area contributed by atoms with E-state index >= 15 is 0 Å². The molecule has 0 fully saturated rings. The molecule has 0 bridgehead atoms. The molecule has 2 N–H and O–H groups in total. The Hall–Kier alpha value is -2.13. The molecule has 3 heteroatoms. The summed E-state index contributed by atoms with van der Waals surface area (Å²) in [7, 11) is 0. The van der Waals surface area contributed by atoms with E-state index in [1.165, 1.54) is 17.2 Å². The first kappa shape index (κ1) is 12.9. The second-order valence-corrected chi connectivity index (χ2v) is 5.08. The molecular formula is C17H17FN2. The van der Waals surface area contributed by atoms with Crippen LogP contribution < -0.4 is 5.73 Å². The monoisotopic (exact) mass is 268 g/mol. The Labute approximate surface area is 117 Å². The summed E-state index contributed by atoms with van der Waals surface area (Å²) in [4.78, 5) is 0. The largest absolute Gasteiger partial charge is 0.343 e. The molecule has 0 aliphatic carbocycles. The van der Waals surface area contributed by atoms with Gasteiger partial charge in [0.1, 0.15) is 5.82 Å². The molecule has 3 aromatic rings. The van der Waals surface area contributed by atoms with Crippen LogP contribution in [0, 0.1) is 12.7 Å². The van der Waals surface area contributed by atoms with E-state index in [2.05, 4.69) is 29.7 Å². The summed E-state index contributed by atoms with van der Waals surface area (Å²) in [5.41, 5.74) is 10.1. The van der Waals surface area contributed by atoms with Gasteiger partial charge in [-0.2, -0.15) is 0 Å². The van der Waals surface area contributed by atoms with Crippen molar-refractivity contribution in [3.63, 3.8) is 0 Å². The predicted molar refractivity (Wildman–Crippen MR) is 80.1 cm³/mol. The van der Waals surface area contributed by atoms with Crippen molar-refractivity contribution in [1.82, 2.24) is 4.57 Å². The van der Waals surface area contributed by atoms with E-state index in [1.807, 2.05) is 18.3 Å². The lowest BCUT2D eigenvalue weighted by Crippen LogP contribution is -2.02. The molecule has 0 radical (unpaired) electrons. The van der Waals surface area contributed by atoms with Gasteiger partial charge in [0.25, 0.3) is 0 Å². The van der Waals surface area contributed by atoms with E-state index in [4.69, 9.17) is 5.73 Å². The second-order valence-electron chi connectivity index (χ2n) is 5.08. The van der Waals surface area contributed by atoms with Gasteiger partial charge in [0.2, 0.25) is 0 Å². The smallest absolute Gasteiger partial charge is 0.132 e. The van der Waals surface area contributed by atoms with Crippen LogP contribution in [0.1, 0.15) is 16.7 Å². The fraction of sp³-hybridized carbons (Fsp3) is 0.176. The molecule has 0 amide bonds. The zero-order chi connectivity index (χ0) is 14.1. The summed E-state index contributed by atoms with van der Waals surface area (Å²) >= 11 is 0. The summed E-state index contributed by atoms with van der Waals surface area (Å²) in [5, 5.41) is 0.670. The van der Waals surface area contributed by atoms with Gasteiger partial charge in [0, 0.05) is 24.7 Å². The fourth-order valence-corrected chi connectivity index (χ4v) is 2.57. The van der Waals surface area contributed by atoms with Crippen LogP contribution >= 0.6 is 0 Å². The van der Waals surface area contributed by atoms with Crippen LogP contribution in [0.3, 0.4) is 0 Å². The van der Waals surface area contributed by atoms with Crippen LogP contribution in [0.25, 0.3) is 10.9 Å². The molecule has 0 unspecified atom stereocenters. The van der Waals surface area contributed by atoms with Crippen molar-refractivity contribution in [3.05, 3.63) is 71.2 Å². The Bertz CT molecular complexity index is 759. The molecule has 102 valence electrons. The molecule has 0 aliphatic heterocycles. The van der Waals surface area contributed by atoms with E-state index < -0.39 is 0 Å². The number of nitrogens with two attached hydrogens (primary N) is 1. The van der Waals surface area contributed by atoms with Crippen molar-refractivity contribution in [2.75, 3.05) is 0 Å². The van der Waals surface area contributed by atoms with Gasteiger partial charge in [0.05, 0.1) is 5.52 Å². The summed E-state index contributed by atoms with van der Waals surface area (Å²) in [6.45, 7) is 3.38. The molecule has 0 aliphatic rings. The van der Waals surface area contributed by atoms with Crippen LogP contribution in [0.5, 0.6) is 0 Å².